The number of aromatic amines is 1. The zero-order valence-corrected chi connectivity index (χ0v) is 9.21. The summed E-state index contributed by atoms with van der Waals surface area (Å²) in [6.07, 6.45) is 0. The number of nitrogens with one attached hydrogen (secondary N) is 1. The predicted molar refractivity (Wildman–Crippen MR) is 68.7 cm³/mol. The summed E-state index contributed by atoms with van der Waals surface area (Å²) >= 11 is 0. The van der Waals surface area contributed by atoms with Gasteiger partial charge in [0.2, 0.25) is 0 Å². The zero-order chi connectivity index (χ0) is 12.7. The third-order valence-corrected chi connectivity index (χ3v) is 2.93. The highest BCUT2D eigenvalue weighted by molar-refractivity contribution is 6.09. The fourth-order valence-corrected chi connectivity index (χ4v) is 2.17. The van der Waals surface area contributed by atoms with Crippen LogP contribution in [0.5, 0.6) is 0 Å². The summed E-state index contributed by atoms with van der Waals surface area (Å²) in [4.78, 5) is 25.1. The molecule has 0 saturated heterocycles. The molecule has 3 aromatic rings. The first kappa shape index (κ1) is 10.5. The minimum absolute atomic E-state index is 0.0000463. The molecule has 5 nitrogen and oxygen atoms in total. The Morgan fingerprint density at radius 1 is 1.00 bits per heavy atom. The molecular formula is C13H8N2O3. The van der Waals surface area contributed by atoms with Crippen molar-refractivity contribution in [3.63, 3.8) is 0 Å². The number of fused-ring (bicyclic) bond motifs is 3. The van der Waals surface area contributed by atoms with Crippen LogP contribution < -0.4 is 5.56 Å². The molecule has 1 aromatic heterocycles. The molecule has 0 bridgehead atoms. The minimum atomic E-state index is -0.437. The van der Waals surface area contributed by atoms with Crippen LogP contribution in [-0.2, 0) is 0 Å². The van der Waals surface area contributed by atoms with Crippen molar-refractivity contribution >= 4 is 27.4 Å². The van der Waals surface area contributed by atoms with Gasteiger partial charge in [-0.1, -0.05) is 24.3 Å². The van der Waals surface area contributed by atoms with E-state index < -0.39 is 4.92 Å². The lowest BCUT2D eigenvalue weighted by atomic mass is 10.1. The second kappa shape index (κ2) is 3.66. The van der Waals surface area contributed by atoms with Crippen LogP contribution in [0.25, 0.3) is 21.7 Å². The Labute approximate surface area is 101 Å². The smallest absolute Gasteiger partial charge is 0.279 e. The van der Waals surface area contributed by atoms with Crippen LogP contribution in [-0.4, -0.2) is 9.91 Å². The van der Waals surface area contributed by atoms with Gasteiger partial charge >= 0.3 is 0 Å². The minimum Gasteiger partial charge on any atom is -0.321 e. The van der Waals surface area contributed by atoms with Gasteiger partial charge in [0, 0.05) is 16.8 Å². The van der Waals surface area contributed by atoms with Gasteiger partial charge in [0.15, 0.2) is 0 Å². The molecule has 88 valence electrons. The SMILES string of the molecule is O=c1[nH]c2cccc([N+](=O)[O-])c2c2ccccc12. The summed E-state index contributed by atoms with van der Waals surface area (Å²) in [5.41, 5.74) is 0.242. The van der Waals surface area contributed by atoms with Crippen LogP contribution in [0.15, 0.2) is 47.3 Å². The second-order valence-corrected chi connectivity index (χ2v) is 3.96. The fourth-order valence-electron chi connectivity index (χ4n) is 2.17. The molecule has 0 unspecified atom stereocenters. The third-order valence-electron chi connectivity index (χ3n) is 2.93. The highest BCUT2D eigenvalue weighted by Gasteiger charge is 2.15. The monoisotopic (exact) mass is 240 g/mol. The van der Waals surface area contributed by atoms with E-state index in [1.165, 1.54) is 6.07 Å². The standard InChI is InChI=1S/C13H8N2O3/c16-13-9-5-2-1-4-8(9)12-10(14-13)6-3-7-11(12)15(17)18/h1-7H,(H,14,16). The van der Waals surface area contributed by atoms with E-state index in [9.17, 15) is 14.9 Å². The molecule has 2 aromatic carbocycles. The van der Waals surface area contributed by atoms with Crippen LogP contribution in [0.1, 0.15) is 0 Å². The molecular weight excluding hydrogens is 232 g/mol. The number of non-ortho nitro benzene ring substituents is 1. The van der Waals surface area contributed by atoms with Gasteiger partial charge in [-0.2, -0.15) is 0 Å². The van der Waals surface area contributed by atoms with Gasteiger partial charge in [0.05, 0.1) is 15.8 Å². The van der Waals surface area contributed by atoms with Crippen molar-refractivity contribution in [1.29, 1.82) is 0 Å². The average Bonchev–Trinajstić information content (AvgIpc) is 2.38. The number of nitro groups is 1. The predicted octanol–water partition coefficient (Wildman–Crippen LogP) is 2.59. The van der Waals surface area contributed by atoms with E-state index in [0.717, 1.165) is 0 Å². The van der Waals surface area contributed by atoms with Crippen molar-refractivity contribution in [3.8, 4) is 0 Å². The molecule has 0 aliphatic carbocycles. The van der Waals surface area contributed by atoms with E-state index in [2.05, 4.69) is 4.98 Å². The molecule has 3 rings (SSSR count). The number of H-pyrrole nitrogens is 1. The quantitative estimate of drug-likeness (QED) is 0.403. The topological polar surface area (TPSA) is 76.0 Å². The van der Waals surface area contributed by atoms with E-state index in [0.29, 0.717) is 21.7 Å². The maximum atomic E-state index is 11.8. The number of nitrogens with zero attached hydrogens (tertiary/aromatic N) is 1. The van der Waals surface area contributed by atoms with Crippen molar-refractivity contribution in [2.45, 2.75) is 0 Å². The Hall–Kier alpha value is -2.69. The molecule has 1 N–H and O–H groups in total. The van der Waals surface area contributed by atoms with Crippen molar-refractivity contribution in [3.05, 3.63) is 62.9 Å². The Balaban J connectivity index is 2.67. The number of pyridine rings is 1. The van der Waals surface area contributed by atoms with Gasteiger partial charge < -0.3 is 4.98 Å². The first-order valence-corrected chi connectivity index (χ1v) is 5.36. The largest absolute Gasteiger partial charge is 0.321 e. The molecule has 0 atom stereocenters. The number of hydrogen-bond donors (Lipinski definition) is 1. The summed E-state index contributed by atoms with van der Waals surface area (Å²) < 4.78 is 0. The highest BCUT2D eigenvalue weighted by atomic mass is 16.6. The van der Waals surface area contributed by atoms with E-state index >= 15 is 0 Å². The van der Waals surface area contributed by atoms with Gasteiger partial charge in [-0.15, -0.1) is 0 Å². The Kier molecular flexibility index (Phi) is 2.13. The molecule has 0 amide bonds. The van der Waals surface area contributed by atoms with Gasteiger partial charge in [-0.25, -0.2) is 0 Å². The van der Waals surface area contributed by atoms with Crippen LogP contribution in [0.4, 0.5) is 5.69 Å². The van der Waals surface area contributed by atoms with E-state index in [1.807, 2.05) is 0 Å². The third kappa shape index (κ3) is 1.37. The molecule has 0 spiro atoms. The summed E-state index contributed by atoms with van der Waals surface area (Å²) in [7, 11) is 0. The Morgan fingerprint density at radius 3 is 2.44 bits per heavy atom. The molecule has 5 heteroatoms. The number of benzene rings is 2. The molecule has 0 aliphatic heterocycles. The highest BCUT2D eigenvalue weighted by Crippen LogP contribution is 2.29. The van der Waals surface area contributed by atoms with Crippen LogP contribution in [0.2, 0.25) is 0 Å². The lowest BCUT2D eigenvalue weighted by Gasteiger charge is -2.03. The fraction of sp³-hybridized carbons (Fsp3) is 0. The maximum Gasteiger partial charge on any atom is 0.279 e. The number of rotatable bonds is 1. The normalized spacial score (nSPS) is 10.9. The number of hydrogen-bond acceptors (Lipinski definition) is 3. The van der Waals surface area contributed by atoms with Gasteiger partial charge in [0.25, 0.3) is 11.2 Å². The van der Waals surface area contributed by atoms with Crippen molar-refractivity contribution in [2.75, 3.05) is 0 Å². The van der Waals surface area contributed by atoms with E-state index in [4.69, 9.17) is 0 Å². The molecule has 0 fully saturated rings. The van der Waals surface area contributed by atoms with Gasteiger partial charge in [-0.3, -0.25) is 14.9 Å². The zero-order valence-electron chi connectivity index (χ0n) is 9.21. The Morgan fingerprint density at radius 2 is 1.72 bits per heavy atom. The summed E-state index contributed by atoms with van der Waals surface area (Å²) in [5, 5.41) is 12.6. The first-order valence-electron chi connectivity index (χ1n) is 5.36. The molecule has 0 aliphatic rings. The van der Waals surface area contributed by atoms with Crippen molar-refractivity contribution in [2.24, 2.45) is 0 Å². The summed E-state index contributed by atoms with van der Waals surface area (Å²) in [6, 6.07) is 11.5. The summed E-state index contributed by atoms with van der Waals surface area (Å²) in [5.74, 6) is 0. The molecule has 0 saturated carbocycles. The Bertz CT molecular complexity index is 836. The van der Waals surface area contributed by atoms with Crippen LogP contribution in [0.3, 0.4) is 0 Å². The van der Waals surface area contributed by atoms with E-state index in [1.54, 1.807) is 36.4 Å². The summed E-state index contributed by atoms with van der Waals surface area (Å²) in [6.45, 7) is 0. The number of aromatic nitrogens is 1. The van der Waals surface area contributed by atoms with E-state index in [-0.39, 0.29) is 11.2 Å². The second-order valence-electron chi connectivity index (χ2n) is 3.96. The van der Waals surface area contributed by atoms with Gasteiger partial charge in [0.1, 0.15) is 0 Å². The maximum absolute atomic E-state index is 11.8. The van der Waals surface area contributed by atoms with Gasteiger partial charge in [-0.05, 0) is 12.1 Å². The molecule has 18 heavy (non-hydrogen) atoms. The van der Waals surface area contributed by atoms with Crippen LogP contribution >= 0.6 is 0 Å². The molecule has 1 heterocycles. The average molecular weight is 240 g/mol. The van der Waals surface area contributed by atoms with Crippen molar-refractivity contribution < 1.29 is 4.92 Å². The lowest BCUT2D eigenvalue weighted by molar-refractivity contribution is -0.383. The van der Waals surface area contributed by atoms with Crippen molar-refractivity contribution in [1.82, 2.24) is 4.98 Å². The first-order chi connectivity index (χ1) is 8.68. The lowest BCUT2D eigenvalue weighted by Crippen LogP contribution is -2.06. The number of nitro benzene ring substituents is 1. The molecule has 0 radical (unpaired) electrons. The van der Waals surface area contributed by atoms with Crippen LogP contribution in [0, 0.1) is 10.1 Å².